The maximum atomic E-state index is 13.2. The Morgan fingerprint density at radius 3 is 2.30 bits per heavy atom. The first-order valence-corrected chi connectivity index (χ1v) is 9.13. The highest BCUT2D eigenvalue weighted by atomic mass is 19.1. The fourth-order valence-corrected chi connectivity index (χ4v) is 2.99. The Bertz CT molecular complexity index is 1080. The lowest BCUT2D eigenvalue weighted by atomic mass is 10.2. The normalized spacial score (nSPS) is 10.4. The molecule has 3 rings (SSSR count). The quantitative estimate of drug-likeness (QED) is 0.501. The Morgan fingerprint density at radius 2 is 1.63 bits per heavy atom. The fourth-order valence-electron chi connectivity index (χ4n) is 2.99. The molecule has 0 aliphatic heterocycles. The molecule has 0 unspecified atom stereocenters. The minimum Gasteiger partial charge on any atom is -0.452 e. The zero-order valence-electron chi connectivity index (χ0n) is 16.4. The van der Waals surface area contributed by atoms with Crippen molar-refractivity contribution in [2.75, 3.05) is 6.61 Å². The molecule has 1 aromatic heterocycles. The molecule has 0 radical (unpaired) electrons. The van der Waals surface area contributed by atoms with Gasteiger partial charge < -0.3 is 9.30 Å². The monoisotopic (exact) mass is 409 g/mol. The molecule has 0 spiro atoms. The fraction of sp³-hybridized carbons (Fsp3) is 0.136. The number of ether oxygens (including phenoxy) is 1. The van der Waals surface area contributed by atoms with Gasteiger partial charge in [-0.2, -0.15) is 0 Å². The Labute approximate surface area is 172 Å². The molecule has 0 aliphatic rings. The van der Waals surface area contributed by atoms with E-state index in [1.807, 2.05) is 0 Å². The highest BCUT2D eigenvalue weighted by Gasteiger charge is 2.19. The van der Waals surface area contributed by atoms with Crippen LogP contribution in [0.25, 0.3) is 5.69 Å². The Morgan fingerprint density at radius 1 is 0.967 bits per heavy atom. The summed E-state index contributed by atoms with van der Waals surface area (Å²) in [5.41, 5.74) is 7.16. The van der Waals surface area contributed by atoms with E-state index >= 15 is 0 Å². The first-order valence-electron chi connectivity index (χ1n) is 9.13. The second-order valence-corrected chi connectivity index (χ2v) is 6.54. The first kappa shape index (κ1) is 20.8. The zero-order chi connectivity index (χ0) is 21.7. The summed E-state index contributed by atoms with van der Waals surface area (Å²) in [6, 6.07) is 15.9. The minimum absolute atomic E-state index is 0.290. The second kappa shape index (κ2) is 9.04. The van der Waals surface area contributed by atoms with Crippen molar-refractivity contribution in [2.45, 2.75) is 13.8 Å². The lowest BCUT2D eigenvalue weighted by Gasteiger charge is -2.10. The van der Waals surface area contributed by atoms with Crippen LogP contribution in [0, 0.1) is 19.7 Å². The van der Waals surface area contributed by atoms with Gasteiger partial charge in [0.05, 0.1) is 5.56 Å². The number of rotatable bonds is 5. The molecule has 0 saturated carbocycles. The number of hydrogen-bond acceptors (Lipinski definition) is 4. The van der Waals surface area contributed by atoms with Crippen LogP contribution in [0.3, 0.4) is 0 Å². The van der Waals surface area contributed by atoms with Crippen LogP contribution in [0.2, 0.25) is 0 Å². The van der Waals surface area contributed by atoms with E-state index < -0.39 is 24.4 Å². The van der Waals surface area contributed by atoms with Gasteiger partial charge in [0, 0.05) is 22.6 Å². The Hall–Kier alpha value is -3.94. The van der Waals surface area contributed by atoms with Gasteiger partial charge in [0.1, 0.15) is 5.82 Å². The van der Waals surface area contributed by atoms with Gasteiger partial charge in [0.25, 0.3) is 11.8 Å². The van der Waals surface area contributed by atoms with Crippen molar-refractivity contribution < 1.29 is 23.5 Å². The predicted octanol–water partition coefficient (Wildman–Crippen LogP) is 2.85. The van der Waals surface area contributed by atoms with E-state index in [0.717, 1.165) is 5.69 Å². The molecule has 0 aliphatic carbocycles. The van der Waals surface area contributed by atoms with Crippen molar-refractivity contribution in [3.63, 3.8) is 0 Å². The van der Waals surface area contributed by atoms with Crippen LogP contribution in [-0.4, -0.2) is 29.0 Å². The predicted molar refractivity (Wildman–Crippen MR) is 108 cm³/mol. The summed E-state index contributed by atoms with van der Waals surface area (Å²) in [6.45, 7) is 2.97. The lowest BCUT2D eigenvalue weighted by Crippen LogP contribution is -2.43. The summed E-state index contributed by atoms with van der Waals surface area (Å²) < 4.78 is 20.0. The molecule has 0 atom stereocenters. The molecule has 0 bridgehead atoms. The van der Waals surface area contributed by atoms with Crippen molar-refractivity contribution in [1.82, 2.24) is 15.4 Å². The zero-order valence-corrected chi connectivity index (χ0v) is 16.4. The summed E-state index contributed by atoms with van der Waals surface area (Å²) in [4.78, 5) is 36.2. The highest BCUT2D eigenvalue weighted by Crippen LogP contribution is 2.21. The molecule has 3 aromatic rings. The minimum atomic E-state index is -0.681. The average molecular weight is 409 g/mol. The molecule has 30 heavy (non-hydrogen) atoms. The van der Waals surface area contributed by atoms with Crippen LogP contribution in [0.15, 0.2) is 60.7 Å². The molecule has 1 heterocycles. The molecule has 0 saturated heterocycles. The second-order valence-electron chi connectivity index (χ2n) is 6.54. The van der Waals surface area contributed by atoms with E-state index in [0.29, 0.717) is 16.9 Å². The summed E-state index contributed by atoms with van der Waals surface area (Å²) in [6.07, 6.45) is 0. The van der Waals surface area contributed by atoms with E-state index in [2.05, 4.69) is 10.9 Å². The van der Waals surface area contributed by atoms with Gasteiger partial charge in [0.15, 0.2) is 6.61 Å². The molecule has 2 N–H and O–H groups in total. The van der Waals surface area contributed by atoms with E-state index in [-0.39, 0.29) is 11.4 Å². The third-order valence-electron chi connectivity index (χ3n) is 4.42. The van der Waals surface area contributed by atoms with Crippen molar-refractivity contribution in [3.05, 3.63) is 89.0 Å². The summed E-state index contributed by atoms with van der Waals surface area (Å²) in [7, 11) is 0. The number of halogens is 1. The lowest BCUT2D eigenvalue weighted by molar-refractivity contribution is -0.125. The Balaban J connectivity index is 1.58. The molecular formula is C22H20FN3O4. The number of nitrogens with one attached hydrogen (secondary N) is 2. The van der Waals surface area contributed by atoms with Crippen LogP contribution < -0.4 is 10.9 Å². The molecular weight excluding hydrogens is 389 g/mol. The summed E-state index contributed by atoms with van der Waals surface area (Å²) in [5, 5.41) is 0. The van der Waals surface area contributed by atoms with Gasteiger partial charge in [-0.15, -0.1) is 0 Å². The highest BCUT2D eigenvalue weighted by molar-refractivity contribution is 5.96. The summed E-state index contributed by atoms with van der Waals surface area (Å²) in [5.74, 6) is -2.20. The number of benzene rings is 2. The number of amides is 2. The van der Waals surface area contributed by atoms with E-state index in [4.69, 9.17) is 4.74 Å². The third kappa shape index (κ3) is 4.72. The van der Waals surface area contributed by atoms with Crippen LogP contribution in [-0.2, 0) is 9.53 Å². The van der Waals surface area contributed by atoms with Gasteiger partial charge in [-0.3, -0.25) is 20.4 Å². The third-order valence-corrected chi connectivity index (χ3v) is 4.42. The number of carbonyl (C=O) groups is 3. The van der Waals surface area contributed by atoms with Crippen LogP contribution >= 0.6 is 0 Å². The van der Waals surface area contributed by atoms with Gasteiger partial charge >= 0.3 is 5.97 Å². The molecule has 0 fully saturated rings. The van der Waals surface area contributed by atoms with Crippen LogP contribution in [0.4, 0.5) is 4.39 Å². The molecule has 2 aromatic carbocycles. The maximum absolute atomic E-state index is 13.2. The number of aryl methyl sites for hydroxylation is 1. The van der Waals surface area contributed by atoms with Gasteiger partial charge in [-0.25, -0.2) is 9.18 Å². The molecule has 154 valence electrons. The number of aromatic nitrogens is 1. The maximum Gasteiger partial charge on any atom is 0.340 e. The number of carbonyl (C=O) groups excluding carboxylic acids is 3. The first-order chi connectivity index (χ1) is 14.4. The van der Waals surface area contributed by atoms with E-state index in [1.54, 1.807) is 66.9 Å². The Kier molecular flexibility index (Phi) is 6.26. The van der Waals surface area contributed by atoms with Crippen molar-refractivity contribution >= 4 is 17.8 Å². The number of nitrogens with zero attached hydrogens (tertiary/aromatic N) is 1. The number of hydrazine groups is 1. The summed E-state index contributed by atoms with van der Waals surface area (Å²) >= 11 is 0. The largest absolute Gasteiger partial charge is 0.452 e. The topological polar surface area (TPSA) is 89.4 Å². The van der Waals surface area contributed by atoms with Crippen LogP contribution in [0.1, 0.15) is 32.1 Å². The van der Waals surface area contributed by atoms with Crippen molar-refractivity contribution in [2.24, 2.45) is 0 Å². The van der Waals surface area contributed by atoms with Gasteiger partial charge in [-0.1, -0.05) is 18.2 Å². The number of esters is 1. The molecule has 8 heteroatoms. The van der Waals surface area contributed by atoms with E-state index in [1.165, 1.54) is 12.1 Å². The standard InChI is InChI=1S/C22H20FN3O4/c1-14-12-19(15(2)26(14)18-10-8-17(23)9-11-18)22(29)30-13-20(27)24-25-21(28)16-6-4-3-5-7-16/h3-12H,13H2,1-2H3,(H,24,27)(H,25,28). The van der Waals surface area contributed by atoms with Crippen LogP contribution in [0.5, 0.6) is 0 Å². The van der Waals surface area contributed by atoms with Gasteiger partial charge in [0.2, 0.25) is 0 Å². The average Bonchev–Trinajstić information content (AvgIpc) is 3.05. The smallest absolute Gasteiger partial charge is 0.340 e. The molecule has 7 nitrogen and oxygen atoms in total. The molecule has 2 amide bonds. The van der Waals surface area contributed by atoms with E-state index in [9.17, 15) is 18.8 Å². The SMILES string of the molecule is Cc1cc(C(=O)OCC(=O)NNC(=O)c2ccccc2)c(C)n1-c1ccc(F)cc1. The van der Waals surface area contributed by atoms with Crippen molar-refractivity contribution in [3.8, 4) is 5.69 Å². The number of hydrogen-bond donors (Lipinski definition) is 2. The van der Waals surface area contributed by atoms with Gasteiger partial charge in [-0.05, 0) is 56.3 Å². The van der Waals surface area contributed by atoms with Crippen molar-refractivity contribution in [1.29, 1.82) is 0 Å².